The Bertz CT molecular complexity index is 1830. The Morgan fingerprint density at radius 3 is 1.92 bits per heavy atom. The molecule has 0 aliphatic heterocycles. The number of imidazole rings is 1. The molecule has 8 nitrogen and oxygen atoms in total. The van der Waals surface area contributed by atoms with Gasteiger partial charge in [-0.25, -0.2) is 9.78 Å². The average Bonchev–Trinajstić information content (AvgIpc) is 3.63. The number of fused-ring (bicyclic) bond motifs is 1. The number of hydrogen-bond acceptors (Lipinski definition) is 7. The lowest BCUT2D eigenvalue weighted by Crippen LogP contribution is -3.00. The third-order valence-corrected chi connectivity index (χ3v) is 10.00. The Labute approximate surface area is 307 Å². The number of rotatable bonds is 13. The highest BCUT2D eigenvalue weighted by Gasteiger charge is 2.33. The fourth-order valence-corrected chi connectivity index (χ4v) is 7.43. The topological polar surface area (TPSA) is 79.4 Å². The molecule has 0 fully saturated rings. The maximum Gasteiger partial charge on any atom is 0.473 e. The third kappa shape index (κ3) is 7.60. The van der Waals surface area contributed by atoms with Gasteiger partial charge in [0.25, 0.3) is 0 Å². The van der Waals surface area contributed by atoms with E-state index in [0.29, 0.717) is 39.4 Å². The summed E-state index contributed by atoms with van der Waals surface area (Å²) in [7, 11) is 0. The molecule has 0 spiro atoms. The van der Waals surface area contributed by atoms with Crippen LogP contribution in [0.25, 0.3) is 21.6 Å². The third-order valence-electron chi connectivity index (χ3n) is 8.83. The predicted molar refractivity (Wildman–Crippen MR) is 197 cm³/mol. The molecule has 5 rings (SSSR count). The summed E-state index contributed by atoms with van der Waals surface area (Å²) < 4.78 is 22.7. The zero-order valence-corrected chi connectivity index (χ0v) is 32.8. The van der Waals surface area contributed by atoms with Crippen LogP contribution in [0.1, 0.15) is 136 Å². The Kier molecular flexibility index (Phi) is 12.9. The fraction of sp³-hybridized carbons (Fsp3) is 0.450. The second-order valence-corrected chi connectivity index (χ2v) is 14.6. The van der Waals surface area contributed by atoms with Crippen LogP contribution in [-0.2, 0) is 16.1 Å². The number of benzene rings is 2. The van der Waals surface area contributed by atoms with E-state index in [1.807, 2.05) is 20.8 Å². The second-order valence-electron chi connectivity index (χ2n) is 13.7. The van der Waals surface area contributed by atoms with Crippen molar-refractivity contribution in [2.45, 2.75) is 106 Å². The Morgan fingerprint density at radius 1 is 0.840 bits per heavy atom. The zero-order valence-electron chi connectivity index (χ0n) is 31.3. The number of aromatic nitrogens is 4. The van der Waals surface area contributed by atoms with Gasteiger partial charge in [0.05, 0.1) is 12.0 Å². The first-order valence-corrected chi connectivity index (χ1v) is 18.3. The van der Waals surface area contributed by atoms with E-state index in [2.05, 4.69) is 113 Å². The lowest BCUT2D eigenvalue weighted by atomic mass is 9.92. The molecule has 0 N–H and O–H groups in total. The van der Waals surface area contributed by atoms with E-state index < -0.39 is 0 Å². The van der Waals surface area contributed by atoms with Crippen molar-refractivity contribution in [3.8, 4) is 23.3 Å². The number of hydrogen-bond donors (Lipinski definition) is 0. The van der Waals surface area contributed by atoms with Crippen molar-refractivity contribution in [2.24, 2.45) is 0 Å². The molecule has 50 heavy (non-hydrogen) atoms. The lowest BCUT2D eigenvalue weighted by Gasteiger charge is -2.19. The summed E-state index contributed by atoms with van der Waals surface area (Å²) in [6, 6.07) is 13.7. The number of carbonyl (C=O) groups excluding carboxylic acids is 1. The van der Waals surface area contributed by atoms with Crippen molar-refractivity contribution >= 4 is 27.5 Å². The van der Waals surface area contributed by atoms with Crippen molar-refractivity contribution in [1.82, 2.24) is 14.5 Å². The van der Waals surface area contributed by atoms with Crippen LogP contribution in [0.5, 0.6) is 11.9 Å². The van der Waals surface area contributed by atoms with Crippen LogP contribution in [-0.4, -0.2) is 33.7 Å². The molecule has 0 amide bonds. The first-order chi connectivity index (χ1) is 23.4. The lowest BCUT2D eigenvalue weighted by molar-refractivity contribution is -0.602. The summed E-state index contributed by atoms with van der Waals surface area (Å²) in [5.74, 6) is 1.55. The summed E-state index contributed by atoms with van der Waals surface area (Å²) in [6.07, 6.45) is 4.21. The van der Waals surface area contributed by atoms with Crippen LogP contribution >= 0.6 is 11.3 Å². The Balaban J connectivity index is 0.00000562. The molecule has 0 saturated heterocycles. The molecule has 0 bridgehead atoms. The number of aryl methyl sites for hydroxylation is 1. The summed E-state index contributed by atoms with van der Waals surface area (Å²) >= 11 is 1.30. The molecule has 0 aliphatic rings. The number of esters is 1. The normalized spacial score (nSPS) is 11.7. The number of para-hydroxylation sites is 2. The van der Waals surface area contributed by atoms with Gasteiger partial charge in [-0.05, 0) is 50.0 Å². The number of thiophene rings is 1. The van der Waals surface area contributed by atoms with E-state index in [0.717, 1.165) is 16.9 Å². The largest absolute Gasteiger partial charge is 1.00 e. The van der Waals surface area contributed by atoms with Gasteiger partial charge in [0.1, 0.15) is 40.1 Å². The highest BCUT2D eigenvalue weighted by atomic mass is 35.5. The van der Waals surface area contributed by atoms with Crippen LogP contribution in [0.4, 0.5) is 0 Å². The SMILES string of the molecule is CCOCc1nc(Oc2n(-c3c(C(C)C)cccc3C(C)C)cc[n+]2-c2c(C(C)C)cccc2C(C)C)c2c(C)c(C(=O)OCC)sc2n1.[Cl-]. The van der Waals surface area contributed by atoms with Gasteiger partial charge in [-0.3, -0.25) is 0 Å². The van der Waals surface area contributed by atoms with Gasteiger partial charge in [-0.15, -0.1) is 11.3 Å². The van der Waals surface area contributed by atoms with Gasteiger partial charge < -0.3 is 26.6 Å². The smallest absolute Gasteiger partial charge is 0.473 e. The molecular formula is C40H51ClN4O4S. The van der Waals surface area contributed by atoms with Crippen LogP contribution in [0.2, 0.25) is 0 Å². The van der Waals surface area contributed by atoms with Gasteiger partial charge in [-0.2, -0.15) is 14.1 Å². The van der Waals surface area contributed by atoms with Crippen molar-refractivity contribution in [2.75, 3.05) is 13.2 Å². The Hall–Kier alpha value is -3.79. The molecule has 0 saturated carbocycles. The number of ether oxygens (including phenoxy) is 3. The molecule has 268 valence electrons. The van der Waals surface area contributed by atoms with Gasteiger partial charge in [0.15, 0.2) is 5.82 Å². The maximum absolute atomic E-state index is 13.1. The van der Waals surface area contributed by atoms with Crippen LogP contribution in [0.3, 0.4) is 0 Å². The van der Waals surface area contributed by atoms with Crippen molar-refractivity contribution in [3.05, 3.63) is 87.3 Å². The highest BCUT2D eigenvalue weighted by Crippen LogP contribution is 2.40. The van der Waals surface area contributed by atoms with Crippen molar-refractivity contribution in [1.29, 1.82) is 0 Å². The molecule has 3 aromatic heterocycles. The summed E-state index contributed by atoms with van der Waals surface area (Å²) in [4.78, 5) is 24.0. The van der Waals surface area contributed by atoms with E-state index in [9.17, 15) is 4.79 Å². The molecule has 2 aromatic carbocycles. The predicted octanol–water partition coefficient (Wildman–Crippen LogP) is 7.07. The van der Waals surface area contributed by atoms with Gasteiger partial charge in [0, 0.05) is 28.9 Å². The maximum atomic E-state index is 13.1. The van der Waals surface area contributed by atoms with Gasteiger partial charge >= 0.3 is 12.0 Å². The second kappa shape index (κ2) is 16.5. The number of carbonyl (C=O) groups is 1. The zero-order chi connectivity index (χ0) is 35.6. The number of nitrogens with zero attached hydrogens (tertiary/aromatic N) is 4. The van der Waals surface area contributed by atoms with Gasteiger partial charge in [0.2, 0.25) is 5.88 Å². The minimum Gasteiger partial charge on any atom is -1.00 e. The minimum absolute atomic E-state index is 0. The highest BCUT2D eigenvalue weighted by molar-refractivity contribution is 7.20. The first kappa shape index (κ1) is 39.0. The first-order valence-electron chi connectivity index (χ1n) is 17.5. The Morgan fingerprint density at radius 2 is 1.40 bits per heavy atom. The minimum atomic E-state index is -0.376. The average molecular weight is 719 g/mol. The summed E-state index contributed by atoms with van der Waals surface area (Å²) in [5.41, 5.74) is 7.83. The quantitative estimate of drug-likeness (QED) is 0.0958. The summed E-state index contributed by atoms with van der Waals surface area (Å²) in [6.45, 7) is 24.5. The van der Waals surface area contributed by atoms with Crippen LogP contribution in [0, 0.1) is 6.92 Å². The summed E-state index contributed by atoms with van der Waals surface area (Å²) in [5, 5.41) is 0.690. The van der Waals surface area contributed by atoms with Crippen LogP contribution < -0.4 is 21.7 Å². The fourth-order valence-electron chi connectivity index (χ4n) is 6.35. The standard InChI is InChI=1S/C40H51N4O4S.ClH/c1-12-46-22-32-41-37(33-27(11)36(39(45)47-13-2)49-38(33)42-32)48-40-43(34-28(23(3)4)16-14-17-29(34)24(5)6)20-21-44(40)35-30(25(7)8)18-15-19-31(35)26(9)10;/h14-21,23-26H,12-13,22H2,1-11H3;1H/q+1;/p-1. The molecular weight excluding hydrogens is 668 g/mol. The molecule has 0 radical (unpaired) electrons. The molecule has 10 heteroatoms. The molecule has 3 heterocycles. The monoisotopic (exact) mass is 718 g/mol. The van der Waals surface area contributed by atoms with E-state index in [1.54, 1.807) is 0 Å². The van der Waals surface area contributed by atoms with E-state index >= 15 is 0 Å². The molecule has 0 atom stereocenters. The molecule has 5 aromatic rings. The molecule has 0 unspecified atom stereocenters. The number of halogens is 1. The van der Waals surface area contributed by atoms with E-state index in [1.165, 1.54) is 33.6 Å². The van der Waals surface area contributed by atoms with Gasteiger partial charge in [-0.1, -0.05) is 91.8 Å². The van der Waals surface area contributed by atoms with Crippen molar-refractivity contribution < 1.29 is 36.0 Å². The van der Waals surface area contributed by atoms with E-state index in [4.69, 9.17) is 24.2 Å². The van der Waals surface area contributed by atoms with E-state index in [-0.39, 0.29) is 55.3 Å². The van der Waals surface area contributed by atoms with Crippen LogP contribution in [0.15, 0.2) is 48.8 Å². The van der Waals surface area contributed by atoms with Crippen molar-refractivity contribution in [3.63, 3.8) is 0 Å². The molecule has 0 aliphatic carbocycles.